The lowest BCUT2D eigenvalue weighted by molar-refractivity contribution is -0.133. The van der Waals surface area contributed by atoms with Crippen LogP contribution < -0.4 is 11.1 Å². The fraction of sp³-hybridized carbons (Fsp3) is 0.929. The van der Waals surface area contributed by atoms with Crippen LogP contribution in [0.25, 0.3) is 0 Å². The molecule has 2 saturated carbocycles. The van der Waals surface area contributed by atoms with E-state index in [1.807, 2.05) is 0 Å². The minimum atomic E-state index is 0.377. The summed E-state index contributed by atoms with van der Waals surface area (Å²) >= 11 is 0. The molecule has 0 aromatic heterocycles. The predicted molar refractivity (Wildman–Crippen MR) is 71.1 cm³/mol. The van der Waals surface area contributed by atoms with E-state index < -0.39 is 0 Å². The predicted octanol–water partition coefficient (Wildman–Crippen LogP) is 0.857. The highest BCUT2D eigenvalue weighted by Gasteiger charge is 2.35. The average molecular weight is 251 g/mol. The van der Waals surface area contributed by atoms with Crippen LogP contribution in [0.2, 0.25) is 0 Å². The van der Waals surface area contributed by atoms with Crippen molar-refractivity contribution in [3.05, 3.63) is 0 Å². The average Bonchev–Trinajstić information content (AvgIpc) is 3.14. The lowest BCUT2D eigenvalue weighted by Gasteiger charge is -2.34. The third-order valence-electron chi connectivity index (χ3n) is 4.68. The molecule has 3 aliphatic rings. The summed E-state index contributed by atoms with van der Waals surface area (Å²) in [7, 11) is 0. The van der Waals surface area contributed by atoms with E-state index in [1.165, 1.54) is 6.42 Å². The zero-order valence-corrected chi connectivity index (χ0v) is 11.1. The SMILES string of the molecule is NC1CCC(NC2CCN(C(=O)C3CC3)CC2)C1. The largest absolute Gasteiger partial charge is 0.342 e. The Labute approximate surface area is 109 Å². The van der Waals surface area contributed by atoms with Crippen LogP contribution in [0.15, 0.2) is 0 Å². The van der Waals surface area contributed by atoms with Gasteiger partial charge in [-0.25, -0.2) is 0 Å². The minimum absolute atomic E-state index is 0.377. The number of nitrogens with two attached hydrogens (primary N) is 1. The van der Waals surface area contributed by atoms with Crippen molar-refractivity contribution in [3.63, 3.8) is 0 Å². The van der Waals surface area contributed by atoms with Crippen LogP contribution in [-0.2, 0) is 4.79 Å². The highest BCUT2D eigenvalue weighted by atomic mass is 16.2. The van der Waals surface area contributed by atoms with E-state index in [4.69, 9.17) is 5.73 Å². The second-order valence-corrected chi connectivity index (χ2v) is 6.31. The standard InChI is InChI=1S/C14H25N3O/c15-11-3-4-13(9-11)16-12-5-7-17(8-6-12)14(18)10-1-2-10/h10-13,16H,1-9,15H2. The number of carbonyl (C=O) groups is 1. The smallest absolute Gasteiger partial charge is 0.225 e. The van der Waals surface area contributed by atoms with Crippen LogP contribution in [0.5, 0.6) is 0 Å². The fourth-order valence-electron chi connectivity index (χ4n) is 3.36. The summed E-state index contributed by atoms with van der Waals surface area (Å²) in [6.45, 7) is 1.90. The molecule has 0 radical (unpaired) electrons. The molecule has 3 fully saturated rings. The number of likely N-dealkylation sites (tertiary alicyclic amines) is 1. The van der Waals surface area contributed by atoms with Gasteiger partial charge < -0.3 is 16.0 Å². The molecule has 4 heteroatoms. The van der Waals surface area contributed by atoms with E-state index >= 15 is 0 Å². The summed E-state index contributed by atoms with van der Waals surface area (Å²) < 4.78 is 0. The van der Waals surface area contributed by atoms with Crippen molar-refractivity contribution in [1.82, 2.24) is 10.2 Å². The minimum Gasteiger partial charge on any atom is -0.342 e. The fourth-order valence-corrected chi connectivity index (χ4v) is 3.36. The zero-order valence-electron chi connectivity index (χ0n) is 11.1. The van der Waals surface area contributed by atoms with Crippen LogP contribution in [0, 0.1) is 5.92 Å². The molecule has 0 spiro atoms. The molecule has 102 valence electrons. The molecule has 0 aromatic rings. The highest BCUT2D eigenvalue weighted by molar-refractivity contribution is 5.81. The van der Waals surface area contributed by atoms with Gasteiger partial charge in [-0.05, 0) is 44.9 Å². The van der Waals surface area contributed by atoms with Gasteiger partial charge in [-0.3, -0.25) is 4.79 Å². The van der Waals surface area contributed by atoms with Gasteiger partial charge in [0.25, 0.3) is 0 Å². The quantitative estimate of drug-likeness (QED) is 0.782. The summed E-state index contributed by atoms with van der Waals surface area (Å²) in [5.41, 5.74) is 5.94. The van der Waals surface area contributed by atoms with Gasteiger partial charge in [0.05, 0.1) is 0 Å². The number of amides is 1. The second-order valence-electron chi connectivity index (χ2n) is 6.31. The van der Waals surface area contributed by atoms with Crippen LogP contribution in [0.4, 0.5) is 0 Å². The third kappa shape index (κ3) is 2.86. The van der Waals surface area contributed by atoms with E-state index in [0.717, 1.165) is 51.6 Å². The normalized spacial score (nSPS) is 33.9. The Kier molecular flexibility index (Phi) is 3.57. The molecule has 1 aliphatic heterocycles. The summed E-state index contributed by atoms with van der Waals surface area (Å²) in [6.07, 6.45) is 7.99. The van der Waals surface area contributed by atoms with Gasteiger partial charge in [0.1, 0.15) is 0 Å². The molecule has 2 unspecified atom stereocenters. The first-order chi connectivity index (χ1) is 8.72. The molecule has 0 bridgehead atoms. The Hall–Kier alpha value is -0.610. The van der Waals surface area contributed by atoms with Crippen molar-refractivity contribution in [1.29, 1.82) is 0 Å². The third-order valence-corrected chi connectivity index (χ3v) is 4.68. The number of rotatable bonds is 3. The van der Waals surface area contributed by atoms with Crippen molar-refractivity contribution in [2.45, 2.75) is 63.1 Å². The van der Waals surface area contributed by atoms with Crippen LogP contribution in [-0.4, -0.2) is 42.0 Å². The molecule has 3 rings (SSSR count). The molecule has 1 amide bonds. The summed E-state index contributed by atoms with van der Waals surface area (Å²) in [5, 5.41) is 3.73. The number of nitrogens with one attached hydrogen (secondary N) is 1. The maximum Gasteiger partial charge on any atom is 0.225 e. The maximum atomic E-state index is 11.9. The lowest BCUT2D eigenvalue weighted by atomic mass is 10.0. The first-order valence-electron chi connectivity index (χ1n) is 7.53. The molecule has 2 aliphatic carbocycles. The lowest BCUT2D eigenvalue weighted by Crippen LogP contribution is -2.47. The summed E-state index contributed by atoms with van der Waals surface area (Å²) in [4.78, 5) is 14.0. The molecular weight excluding hydrogens is 226 g/mol. The van der Waals surface area contributed by atoms with E-state index in [9.17, 15) is 4.79 Å². The van der Waals surface area contributed by atoms with Crippen LogP contribution in [0.1, 0.15) is 44.9 Å². The summed E-state index contributed by atoms with van der Waals surface area (Å²) in [5.74, 6) is 0.790. The van der Waals surface area contributed by atoms with Crippen LogP contribution >= 0.6 is 0 Å². The van der Waals surface area contributed by atoms with E-state index in [-0.39, 0.29) is 0 Å². The van der Waals surface area contributed by atoms with Crippen molar-refractivity contribution >= 4 is 5.91 Å². The van der Waals surface area contributed by atoms with Gasteiger partial charge in [0.15, 0.2) is 0 Å². The van der Waals surface area contributed by atoms with Gasteiger partial charge in [-0.15, -0.1) is 0 Å². The number of nitrogens with zero attached hydrogens (tertiary/aromatic N) is 1. The van der Waals surface area contributed by atoms with E-state index in [0.29, 0.717) is 30.0 Å². The van der Waals surface area contributed by atoms with E-state index in [2.05, 4.69) is 10.2 Å². The topological polar surface area (TPSA) is 58.4 Å². The first kappa shape index (κ1) is 12.4. The van der Waals surface area contributed by atoms with Gasteiger partial charge in [-0.2, -0.15) is 0 Å². The van der Waals surface area contributed by atoms with E-state index in [1.54, 1.807) is 0 Å². The highest BCUT2D eigenvalue weighted by Crippen LogP contribution is 2.32. The van der Waals surface area contributed by atoms with Gasteiger partial charge >= 0.3 is 0 Å². The Bertz CT molecular complexity index is 308. The molecule has 2 atom stereocenters. The number of piperidine rings is 1. The van der Waals surface area contributed by atoms with Crippen molar-refractivity contribution in [3.8, 4) is 0 Å². The van der Waals surface area contributed by atoms with Gasteiger partial charge in [0, 0.05) is 37.1 Å². The van der Waals surface area contributed by atoms with Crippen molar-refractivity contribution in [2.24, 2.45) is 11.7 Å². The molecule has 3 N–H and O–H groups in total. The Balaban J connectivity index is 1.41. The zero-order chi connectivity index (χ0) is 12.5. The van der Waals surface area contributed by atoms with Gasteiger partial charge in [-0.1, -0.05) is 0 Å². The Morgan fingerprint density at radius 1 is 1.00 bits per heavy atom. The maximum absolute atomic E-state index is 11.9. The Morgan fingerprint density at radius 3 is 2.28 bits per heavy atom. The van der Waals surface area contributed by atoms with Crippen LogP contribution in [0.3, 0.4) is 0 Å². The number of carbonyl (C=O) groups excluding carboxylic acids is 1. The monoisotopic (exact) mass is 251 g/mol. The second kappa shape index (κ2) is 5.17. The van der Waals surface area contributed by atoms with Crippen molar-refractivity contribution < 1.29 is 4.79 Å². The molecule has 1 saturated heterocycles. The molecule has 4 nitrogen and oxygen atoms in total. The molecule has 1 heterocycles. The Morgan fingerprint density at radius 2 is 1.72 bits per heavy atom. The van der Waals surface area contributed by atoms with Crippen molar-refractivity contribution in [2.75, 3.05) is 13.1 Å². The molecule has 18 heavy (non-hydrogen) atoms. The number of hydrogen-bond donors (Lipinski definition) is 2. The number of hydrogen-bond acceptors (Lipinski definition) is 3. The molecule has 0 aromatic carbocycles. The summed E-state index contributed by atoms with van der Waals surface area (Å²) in [6, 6.07) is 1.62. The van der Waals surface area contributed by atoms with Gasteiger partial charge in [0.2, 0.25) is 5.91 Å². The molecular formula is C14H25N3O. The first-order valence-corrected chi connectivity index (χ1v) is 7.53.